The molecule has 23 heavy (non-hydrogen) atoms. The SMILES string of the molecule is COC(=O)C(CC(C)C)NC(=O)c1cc2ccccc2c(=O)[nH]1. The standard InChI is InChI=1S/C17H20N2O4/c1-10(2)8-14(17(22)23-3)19-16(21)13-9-11-6-4-5-7-12(11)15(20)18-13/h4-7,9-10,14H,8H2,1-3H3,(H,18,20)(H,19,21). The van der Waals surface area contributed by atoms with Crippen LogP contribution in [0.4, 0.5) is 0 Å². The number of pyridine rings is 1. The maximum absolute atomic E-state index is 12.4. The van der Waals surface area contributed by atoms with E-state index in [4.69, 9.17) is 4.74 Å². The van der Waals surface area contributed by atoms with Gasteiger partial charge in [0.1, 0.15) is 11.7 Å². The molecular weight excluding hydrogens is 296 g/mol. The van der Waals surface area contributed by atoms with Crippen molar-refractivity contribution in [3.63, 3.8) is 0 Å². The second-order valence-electron chi connectivity index (χ2n) is 5.78. The second kappa shape index (κ2) is 7.09. The van der Waals surface area contributed by atoms with Crippen LogP contribution in [0, 0.1) is 5.92 Å². The zero-order chi connectivity index (χ0) is 17.0. The molecule has 1 heterocycles. The minimum Gasteiger partial charge on any atom is -0.467 e. The summed E-state index contributed by atoms with van der Waals surface area (Å²) in [5, 5.41) is 3.80. The number of ether oxygens (including phenoxy) is 1. The fraction of sp³-hybridized carbons (Fsp3) is 0.353. The van der Waals surface area contributed by atoms with E-state index in [9.17, 15) is 14.4 Å². The highest BCUT2D eigenvalue weighted by atomic mass is 16.5. The summed E-state index contributed by atoms with van der Waals surface area (Å²) in [5.41, 5.74) is -0.224. The molecule has 1 aromatic heterocycles. The minimum absolute atomic E-state index is 0.117. The number of carbonyl (C=O) groups excluding carboxylic acids is 2. The second-order valence-corrected chi connectivity index (χ2v) is 5.78. The summed E-state index contributed by atoms with van der Waals surface area (Å²) in [7, 11) is 1.28. The Balaban J connectivity index is 2.28. The molecular formula is C17H20N2O4. The van der Waals surface area contributed by atoms with E-state index in [0.717, 1.165) is 0 Å². The molecule has 0 saturated carbocycles. The molecule has 2 rings (SSSR count). The number of nitrogens with one attached hydrogen (secondary N) is 2. The van der Waals surface area contributed by atoms with Gasteiger partial charge in [-0.25, -0.2) is 4.79 Å². The molecule has 6 heteroatoms. The van der Waals surface area contributed by atoms with Crippen molar-refractivity contribution >= 4 is 22.6 Å². The lowest BCUT2D eigenvalue weighted by atomic mass is 10.0. The highest BCUT2D eigenvalue weighted by Gasteiger charge is 2.23. The van der Waals surface area contributed by atoms with Gasteiger partial charge in [-0.1, -0.05) is 32.0 Å². The summed E-state index contributed by atoms with van der Waals surface area (Å²) >= 11 is 0. The summed E-state index contributed by atoms with van der Waals surface area (Å²) in [4.78, 5) is 38.7. The molecule has 0 bridgehead atoms. The van der Waals surface area contributed by atoms with E-state index >= 15 is 0 Å². The van der Waals surface area contributed by atoms with Gasteiger partial charge in [-0.3, -0.25) is 9.59 Å². The fourth-order valence-corrected chi connectivity index (χ4v) is 2.40. The van der Waals surface area contributed by atoms with Crippen LogP contribution in [0.2, 0.25) is 0 Å². The highest BCUT2D eigenvalue weighted by molar-refractivity contribution is 5.98. The van der Waals surface area contributed by atoms with Crippen LogP contribution in [0.1, 0.15) is 30.8 Å². The first-order valence-electron chi connectivity index (χ1n) is 7.43. The van der Waals surface area contributed by atoms with Crippen molar-refractivity contribution in [1.29, 1.82) is 0 Å². The van der Waals surface area contributed by atoms with Crippen LogP contribution in [0.25, 0.3) is 10.8 Å². The smallest absolute Gasteiger partial charge is 0.328 e. The van der Waals surface area contributed by atoms with Gasteiger partial charge in [0.15, 0.2) is 0 Å². The normalized spacial score (nSPS) is 12.2. The Kier molecular flexibility index (Phi) is 5.16. The quantitative estimate of drug-likeness (QED) is 0.824. The van der Waals surface area contributed by atoms with E-state index in [-0.39, 0.29) is 17.2 Å². The topological polar surface area (TPSA) is 88.3 Å². The summed E-state index contributed by atoms with van der Waals surface area (Å²) in [6, 6.07) is 7.84. The molecule has 1 atom stereocenters. The van der Waals surface area contributed by atoms with Gasteiger partial charge in [-0.05, 0) is 29.9 Å². The number of esters is 1. The number of hydrogen-bond acceptors (Lipinski definition) is 4. The van der Waals surface area contributed by atoms with Gasteiger partial charge >= 0.3 is 5.97 Å². The Morgan fingerprint density at radius 2 is 1.96 bits per heavy atom. The Labute approximate surface area is 133 Å². The molecule has 1 amide bonds. The molecule has 2 aromatic rings. The Bertz CT molecular complexity index is 780. The zero-order valence-electron chi connectivity index (χ0n) is 13.4. The number of aromatic amines is 1. The number of methoxy groups -OCH3 is 1. The van der Waals surface area contributed by atoms with Gasteiger partial charge in [-0.15, -0.1) is 0 Å². The molecule has 1 unspecified atom stereocenters. The number of rotatable bonds is 5. The van der Waals surface area contributed by atoms with E-state index in [1.54, 1.807) is 30.3 Å². The summed E-state index contributed by atoms with van der Waals surface area (Å²) in [6.07, 6.45) is 0.455. The van der Waals surface area contributed by atoms with Crippen LogP contribution in [0.3, 0.4) is 0 Å². The molecule has 0 aliphatic rings. The fourth-order valence-electron chi connectivity index (χ4n) is 2.40. The lowest BCUT2D eigenvalue weighted by Gasteiger charge is -2.18. The third-order valence-corrected chi connectivity index (χ3v) is 3.50. The molecule has 6 nitrogen and oxygen atoms in total. The highest BCUT2D eigenvalue weighted by Crippen LogP contribution is 2.11. The number of fused-ring (bicyclic) bond motifs is 1. The first-order valence-corrected chi connectivity index (χ1v) is 7.43. The Hall–Kier alpha value is -2.63. The molecule has 0 aliphatic carbocycles. The summed E-state index contributed by atoms with van der Waals surface area (Å²) in [6.45, 7) is 3.89. The molecule has 1 aromatic carbocycles. The molecule has 0 spiro atoms. The minimum atomic E-state index is -0.748. The molecule has 2 N–H and O–H groups in total. The van der Waals surface area contributed by atoms with Crippen molar-refractivity contribution < 1.29 is 14.3 Å². The van der Waals surface area contributed by atoms with E-state index in [1.807, 2.05) is 13.8 Å². The number of carbonyl (C=O) groups is 2. The van der Waals surface area contributed by atoms with Crippen molar-refractivity contribution in [2.75, 3.05) is 7.11 Å². The largest absolute Gasteiger partial charge is 0.467 e. The first-order chi connectivity index (χ1) is 10.9. The van der Waals surface area contributed by atoms with E-state index in [0.29, 0.717) is 17.2 Å². The van der Waals surface area contributed by atoms with Gasteiger partial charge in [0, 0.05) is 5.39 Å². The van der Waals surface area contributed by atoms with Gasteiger partial charge in [0.2, 0.25) is 0 Å². The van der Waals surface area contributed by atoms with E-state index < -0.39 is 17.9 Å². The van der Waals surface area contributed by atoms with E-state index in [1.165, 1.54) is 7.11 Å². The van der Waals surface area contributed by atoms with Crippen molar-refractivity contribution in [2.45, 2.75) is 26.3 Å². The third-order valence-electron chi connectivity index (χ3n) is 3.50. The average Bonchev–Trinajstić information content (AvgIpc) is 2.53. The summed E-state index contributed by atoms with van der Waals surface area (Å²) in [5.74, 6) is -0.811. The lowest BCUT2D eigenvalue weighted by Crippen LogP contribution is -2.43. The molecule has 0 aliphatic heterocycles. The number of H-pyrrole nitrogens is 1. The Morgan fingerprint density at radius 1 is 1.26 bits per heavy atom. The van der Waals surface area contributed by atoms with Crippen LogP contribution >= 0.6 is 0 Å². The van der Waals surface area contributed by atoms with Crippen molar-refractivity contribution in [1.82, 2.24) is 10.3 Å². The predicted molar refractivity (Wildman–Crippen MR) is 87.3 cm³/mol. The number of aromatic nitrogens is 1. The Morgan fingerprint density at radius 3 is 2.61 bits per heavy atom. The molecule has 0 saturated heterocycles. The van der Waals surface area contributed by atoms with Crippen LogP contribution in [-0.2, 0) is 9.53 Å². The van der Waals surface area contributed by atoms with Crippen LogP contribution in [-0.4, -0.2) is 30.0 Å². The monoisotopic (exact) mass is 316 g/mol. The van der Waals surface area contributed by atoms with Gasteiger partial charge in [-0.2, -0.15) is 0 Å². The van der Waals surface area contributed by atoms with Gasteiger partial charge in [0.05, 0.1) is 7.11 Å². The molecule has 122 valence electrons. The maximum atomic E-state index is 12.4. The average molecular weight is 316 g/mol. The van der Waals surface area contributed by atoms with Gasteiger partial charge < -0.3 is 15.0 Å². The number of benzene rings is 1. The van der Waals surface area contributed by atoms with Crippen molar-refractivity contribution in [3.05, 3.63) is 46.4 Å². The molecule has 0 fully saturated rings. The lowest BCUT2D eigenvalue weighted by molar-refractivity contribution is -0.143. The van der Waals surface area contributed by atoms with Crippen molar-refractivity contribution in [2.24, 2.45) is 5.92 Å². The summed E-state index contributed by atoms with van der Waals surface area (Å²) < 4.78 is 4.72. The number of amides is 1. The van der Waals surface area contributed by atoms with E-state index in [2.05, 4.69) is 10.3 Å². The van der Waals surface area contributed by atoms with Crippen LogP contribution < -0.4 is 10.9 Å². The predicted octanol–water partition coefficient (Wildman–Crippen LogP) is 1.85. The third kappa shape index (κ3) is 3.97. The first kappa shape index (κ1) is 16.7. The van der Waals surface area contributed by atoms with Crippen LogP contribution in [0.5, 0.6) is 0 Å². The molecule has 0 radical (unpaired) electrons. The maximum Gasteiger partial charge on any atom is 0.328 e. The van der Waals surface area contributed by atoms with Gasteiger partial charge in [0.25, 0.3) is 11.5 Å². The van der Waals surface area contributed by atoms with Crippen molar-refractivity contribution in [3.8, 4) is 0 Å². The zero-order valence-corrected chi connectivity index (χ0v) is 13.4. The number of hydrogen-bond donors (Lipinski definition) is 2. The van der Waals surface area contributed by atoms with Crippen LogP contribution in [0.15, 0.2) is 35.1 Å².